The first-order valence-corrected chi connectivity index (χ1v) is 11.7. The maximum Gasteiger partial charge on any atom is 0.0889 e. The first-order chi connectivity index (χ1) is 15.1. The van der Waals surface area contributed by atoms with Crippen LogP contribution in [0.15, 0.2) is 67.1 Å². The molecular formula is C30H45N3. The van der Waals surface area contributed by atoms with Crippen molar-refractivity contribution in [1.82, 2.24) is 15.0 Å². The summed E-state index contributed by atoms with van der Waals surface area (Å²) in [5.74, 6) is 0. The van der Waals surface area contributed by atoms with Crippen molar-refractivity contribution in [3.05, 3.63) is 78.2 Å². The van der Waals surface area contributed by atoms with Crippen molar-refractivity contribution in [2.24, 2.45) is 0 Å². The highest BCUT2D eigenvalue weighted by Gasteiger charge is 2.15. The zero-order chi connectivity index (χ0) is 24.4. The van der Waals surface area contributed by atoms with Crippen molar-refractivity contribution in [3.8, 4) is 0 Å². The second kappa shape index (κ2) is 13.7. The van der Waals surface area contributed by atoms with Gasteiger partial charge in [-0.15, -0.1) is 0 Å². The Kier molecular flexibility index (Phi) is 12.5. The van der Waals surface area contributed by atoms with E-state index in [4.69, 9.17) is 0 Å². The van der Waals surface area contributed by atoms with E-state index in [9.17, 15) is 0 Å². The van der Waals surface area contributed by atoms with E-state index in [1.165, 1.54) is 16.5 Å². The molecule has 0 unspecified atom stereocenters. The predicted octanol–water partition coefficient (Wildman–Crippen LogP) is 9.15. The van der Waals surface area contributed by atoms with Crippen LogP contribution in [0.2, 0.25) is 0 Å². The number of fused-ring (bicyclic) bond motifs is 2. The van der Waals surface area contributed by atoms with Crippen LogP contribution < -0.4 is 0 Å². The van der Waals surface area contributed by atoms with Gasteiger partial charge in [0.25, 0.3) is 0 Å². The molecule has 4 rings (SSSR count). The highest BCUT2D eigenvalue weighted by Crippen LogP contribution is 2.24. The van der Waals surface area contributed by atoms with Crippen LogP contribution in [-0.2, 0) is 10.8 Å². The summed E-state index contributed by atoms with van der Waals surface area (Å²) in [6.07, 6.45) is 5.71. The average molecular weight is 448 g/mol. The number of aromatic nitrogens is 3. The third-order valence-electron chi connectivity index (χ3n) is 4.77. The third-order valence-corrected chi connectivity index (χ3v) is 4.77. The molecule has 180 valence electrons. The minimum Gasteiger partial charge on any atom is -0.256 e. The lowest BCUT2D eigenvalue weighted by Gasteiger charge is -2.18. The SMILES string of the molecule is C.CC.CC.CC(C)(C)c1cnc2ccccc2c1.CC(C)(C)c1cnc2cccnc2c1. The predicted molar refractivity (Wildman–Crippen MR) is 148 cm³/mol. The summed E-state index contributed by atoms with van der Waals surface area (Å²) in [7, 11) is 0. The molecule has 3 aromatic heterocycles. The number of hydrogen-bond donors (Lipinski definition) is 0. The fourth-order valence-corrected chi connectivity index (χ4v) is 2.84. The number of hydrogen-bond acceptors (Lipinski definition) is 3. The Bertz CT molecular complexity index is 997. The molecule has 0 atom stereocenters. The fraction of sp³-hybridized carbons (Fsp3) is 0.433. The van der Waals surface area contributed by atoms with E-state index in [0.717, 1.165) is 16.6 Å². The van der Waals surface area contributed by atoms with Crippen LogP contribution in [0.1, 0.15) is 87.8 Å². The minimum atomic E-state index is 0. The maximum atomic E-state index is 4.45. The summed E-state index contributed by atoms with van der Waals surface area (Å²) in [6, 6.07) is 16.5. The van der Waals surface area contributed by atoms with Crippen LogP contribution in [0.25, 0.3) is 21.9 Å². The van der Waals surface area contributed by atoms with Crippen molar-refractivity contribution in [2.45, 2.75) is 87.5 Å². The zero-order valence-electron chi connectivity index (χ0n) is 21.7. The molecule has 0 aliphatic heterocycles. The van der Waals surface area contributed by atoms with Crippen molar-refractivity contribution in [3.63, 3.8) is 0 Å². The van der Waals surface area contributed by atoms with Crippen LogP contribution in [0.4, 0.5) is 0 Å². The van der Waals surface area contributed by atoms with Gasteiger partial charge in [-0.2, -0.15) is 0 Å². The molecule has 1 aromatic carbocycles. The molecular weight excluding hydrogens is 402 g/mol. The summed E-state index contributed by atoms with van der Waals surface area (Å²) in [6.45, 7) is 21.2. The lowest BCUT2D eigenvalue weighted by Crippen LogP contribution is -2.11. The van der Waals surface area contributed by atoms with Crippen molar-refractivity contribution in [2.75, 3.05) is 0 Å². The van der Waals surface area contributed by atoms with Crippen LogP contribution >= 0.6 is 0 Å². The smallest absolute Gasteiger partial charge is 0.0889 e. The van der Waals surface area contributed by atoms with E-state index in [1.54, 1.807) is 6.20 Å². The van der Waals surface area contributed by atoms with E-state index in [2.05, 4.69) is 80.8 Å². The molecule has 0 fully saturated rings. The molecule has 0 amide bonds. The summed E-state index contributed by atoms with van der Waals surface area (Å²) < 4.78 is 0. The lowest BCUT2D eigenvalue weighted by atomic mass is 9.88. The van der Waals surface area contributed by atoms with Gasteiger partial charge in [0, 0.05) is 24.0 Å². The molecule has 0 saturated carbocycles. The Morgan fingerprint density at radius 1 is 0.545 bits per heavy atom. The van der Waals surface area contributed by atoms with Crippen LogP contribution in [-0.4, -0.2) is 15.0 Å². The first-order valence-electron chi connectivity index (χ1n) is 11.7. The molecule has 0 aliphatic carbocycles. The highest BCUT2D eigenvalue weighted by atomic mass is 14.7. The fourth-order valence-electron chi connectivity index (χ4n) is 2.84. The average Bonchev–Trinajstić information content (AvgIpc) is 2.80. The first kappa shape index (κ1) is 30.2. The molecule has 33 heavy (non-hydrogen) atoms. The number of para-hydroxylation sites is 1. The zero-order valence-corrected chi connectivity index (χ0v) is 21.7. The summed E-state index contributed by atoms with van der Waals surface area (Å²) >= 11 is 0. The lowest BCUT2D eigenvalue weighted by molar-refractivity contribution is 0.588. The van der Waals surface area contributed by atoms with Crippen molar-refractivity contribution < 1.29 is 0 Å². The number of nitrogens with zero attached hydrogens (tertiary/aromatic N) is 3. The molecule has 3 heteroatoms. The third kappa shape index (κ3) is 8.92. The Morgan fingerprint density at radius 3 is 1.61 bits per heavy atom. The monoisotopic (exact) mass is 447 g/mol. The summed E-state index contributed by atoms with van der Waals surface area (Å²) in [5, 5.41) is 1.22. The molecule has 0 bridgehead atoms. The molecule has 4 aromatic rings. The van der Waals surface area contributed by atoms with Gasteiger partial charge >= 0.3 is 0 Å². The minimum absolute atomic E-state index is 0. The molecule has 0 N–H and O–H groups in total. The Labute approximate surface area is 202 Å². The molecule has 3 heterocycles. The van der Waals surface area contributed by atoms with Gasteiger partial charge in [0.15, 0.2) is 0 Å². The molecule has 0 aliphatic rings. The van der Waals surface area contributed by atoms with Gasteiger partial charge in [0.05, 0.1) is 16.6 Å². The van der Waals surface area contributed by atoms with E-state index < -0.39 is 0 Å². The Morgan fingerprint density at radius 2 is 1.03 bits per heavy atom. The van der Waals surface area contributed by atoms with E-state index >= 15 is 0 Å². The van der Waals surface area contributed by atoms with Crippen molar-refractivity contribution >= 4 is 21.9 Å². The quantitative estimate of drug-likeness (QED) is 0.270. The van der Waals surface area contributed by atoms with E-state index in [1.807, 2.05) is 64.4 Å². The standard InChI is InChI=1S/C13H15N.C12H14N2.2C2H6.CH4/c1-13(2,3)11-8-10-6-4-5-7-12(10)14-9-11;1-12(2,3)9-7-11-10(14-8-9)5-4-6-13-11;2*1-2;/h4-9H,1-3H3;4-8H,1-3H3;2*1-2H3;1H4. The largest absolute Gasteiger partial charge is 0.256 e. The highest BCUT2D eigenvalue weighted by molar-refractivity contribution is 5.79. The van der Waals surface area contributed by atoms with Crippen molar-refractivity contribution in [1.29, 1.82) is 0 Å². The van der Waals surface area contributed by atoms with E-state index in [-0.39, 0.29) is 18.3 Å². The normalized spacial score (nSPS) is 10.5. The Balaban J connectivity index is 0.000000526. The number of pyridine rings is 3. The second-order valence-electron chi connectivity index (χ2n) is 9.18. The van der Waals surface area contributed by atoms with Gasteiger partial charge in [-0.3, -0.25) is 15.0 Å². The summed E-state index contributed by atoms with van der Waals surface area (Å²) in [4.78, 5) is 13.1. The van der Waals surface area contributed by atoms with Crippen LogP contribution in [0, 0.1) is 0 Å². The molecule has 0 spiro atoms. The topological polar surface area (TPSA) is 38.7 Å². The Hall–Kier alpha value is -2.81. The molecule has 3 nitrogen and oxygen atoms in total. The second-order valence-corrected chi connectivity index (χ2v) is 9.18. The van der Waals surface area contributed by atoms with Crippen LogP contribution in [0.5, 0.6) is 0 Å². The number of benzene rings is 1. The van der Waals surface area contributed by atoms with Gasteiger partial charge in [-0.25, -0.2) is 0 Å². The van der Waals surface area contributed by atoms with Gasteiger partial charge in [-0.1, -0.05) is 94.9 Å². The van der Waals surface area contributed by atoms with Gasteiger partial charge in [0.2, 0.25) is 0 Å². The summed E-state index contributed by atoms with van der Waals surface area (Å²) in [5.41, 5.74) is 5.83. The van der Waals surface area contributed by atoms with Crippen LogP contribution in [0.3, 0.4) is 0 Å². The number of rotatable bonds is 0. The van der Waals surface area contributed by atoms with E-state index in [0.29, 0.717) is 0 Å². The molecule has 0 radical (unpaired) electrons. The van der Waals surface area contributed by atoms with Gasteiger partial charge in [-0.05, 0) is 52.3 Å². The van der Waals surface area contributed by atoms with Gasteiger partial charge in [0.1, 0.15) is 0 Å². The maximum absolute atomic E-state index is 4.45. The van der Waals surface area contributed by atoms with Gasteiger partial charge < -0.3 is 0 Å². The molecule has 0 saturated heterocycles.